The fourth-order valence-corrected chi connectivity index (χ4v) is 3.90. The van der Waals surface area contributed by atoms with E-state index in [0.717, 1.165) is 23.8 Å². The van der Waals surface area contributed by atoms with Crippen LogP contribution in [0, 0.1) is 6.92 Å². The first-order valence-corrected chi connectivity index (χ1v) is 8.85. The van der Waals surface area contributed by atoms with E-state index in [-0.39, 0.29) is 9.92 Å². The van der Waals surface area contributed by atoms with E-state index in [1.54, 1.807) is 12.1 Å². The molecule has 0 atom stereocenters. The number of benzene rings is 1. The van der Waals surface area contributed by atoms with Crippen LogP contribution in [-0.2, 0) is 10.0 Å². The second kappa shape index (κ2) is 6.48. The van der Waals surface area contributed by atoms with Gasteiger partial charge in [-0.25, -0.2) is 18.1 Å². The number of rotatable bonds is 5. The van der Waals surface area contributed by atoms with Gasteiger partial charge in [0, 0.05) is 11.9 Å². The Balaban J connectivity index is 2.52. The van der Waals surface area contributed by atoms with E-state index in [0.29, 0.717) is 17.2 Å². The van der Waals surface area contributed by atoms with Crippen LogP contribution in [0.5, 0.6) is 0 Å². The van der Waals surface area contributed by atoms with Gasteiger partial charge >= 0.3 is 0 Å². The lowest BCUT2D eigenvalue weighted by Crippen LogP contribution is -2.25. The number of pyridine rings is 1. The molecule has 114 valence electrons. The lowest BCUT2D eigenvalue weighted by atomic mass is 10.1. The van der Waals surface area contributed by atoms with Crippen LogP contribution < -0.4 is 4.72 Å². The summed E-state index contributed by atoms with van der Waals surface area (Å²) in [5, 5.41) is 1.22. The van der Waals surface area contributed by atoms with Gasteiger partial charge in [-0.1, -0.05) is 36.5 Å². The summed E-state index contributed by atoms with van der Waals surface area (Å²) in [6.07, 6.45) is 1.69. The van der Waals surface area contributed by atoms with E-state index in [1.807, 2.05) is 13.8 Å². The summed E-state index contributed by atoms with van der Waals surface area (Å²) in [4.78, 5) is 4.23. The van der Waals surface area contributed by atoms with Crippen molar-refractivity contribution >= 4 is 44.1 Å². The van der Waals surface area contributed by atoms with Crippen molar-refractivity contribution in [2.24, 2.45) is 0 Å². The third-order valence-electron chi connectivity index (χ3n) is 3.15. The molecule has 0 aliphatic carbocycles. The number of aryl methyl sites for hydroxylation is 1. The second-order valence-electron chi connectivity index (χ2n) is 4.81. The SMILES string of the molecule is CCCCNS(=O)(=O)c1cc2c(C)cc(Cl)nc2cc1Cl. The summed E-state index contributed by atoms with van der Waals surface area (Å²) in [6.45, 7) is 4.24. The van der Waals surface area contributed by atoms with Gasteiger partial charge in [0.2, 0.25) is 10.0 Å². The molecule has 0 fully saturated rings. The van der Waals surface area contributed by atoms with Crippen LogP contribution >= 0.6 is 23.2 Å². The molecule has 0 aliphatic rings. The summed E-state index contributed by atoms with van der Waals surface area (Å²) in [7, 11) is -3.62. The molecule has 0 saturated heterocycles. The number of halogens is 2. The Labute approximate surface area is 134 Å². The molecule has 2 aromatic rings. The van der Waals surface area contributed by atoms with E-state index in [1.165, 1.54) is 6.07 Å². The highest BCUT2D eigenvalue weighted by Crippen LogP contribution is 2.29. The van der Waals surface area contributed by atoms with Crippen LogP contribution in [0.4, 0.5) is 0 Å². The lowest BCUT2D eigenvalue weighted by molar-refractivity contribution is 0.578. The average molecular weight is 347 g/mol. The number of nitrogens with one attached hydrogen (secondary N) is 1. The van der Waals surface area contributed by atoms with E-state index in [2.05, 4.69) is 9.71 Å². The highest BCUT2D eigenvalue weighted by molar-refractivity contribution is 7.89. The summed E-state index contributed by atoms with van der Waals surface area (Å²) < 4.78 is 27.2. The first kappa shape index (κ1) is 16.5. The summed E-state index contributed by atoms with van der Waals surface area (Å²) >= 11 is 12.0. The van der Waals surface area contributed by atoms with E-state index in [9.17, 15) is 8.42 Å². The molecule has 0 bridgehead atoms. The molecule has 0 saturated carbocycles. The molecule has 1 aromatic carbocycles. The number of hydrogen-bond acceptors (Lipinski definition) is 3. The van der Waals surface area contributed by atoms with Crippen molar-refractivity contribution in [3.63, 3.8) is 0 Å². The zero-order valence-corrected chi connectivity index (χ0v) is 14.1. The van der Waals surface area contributed by atoms with Gasteiger partial charge in [-0.2, -0.15) is 0 Å². The van der Waals surface area contributed by atoms with Crippen LogP contribution in [0.1, 0.15) is 25.3 Å². The summed E-state index contributed by atoms with van der Waals surface area (Å²) in [5.74, 6) is 0. The third-order valence-corrected chi connectivity index (χ3v) is 5.27. The first-order chi connectivity index (χ1) is 9.85. The molecule has 2 rings (SSSR count). The number of unbranched alkanes of at least 4 members (excludes halogenated alkanes) is 1. The van der Waals surface area contributed by atoms with Crippen molar-refractivity contribution in [1.82, 2.24) is 9.71 Å². The Kier molecular flexibility index (Phi) is 5.09. The summed E-state index contributed by atoms with van der Waals surface area (Å²) in [5.41, 5.74) is 1.43. The van der Waals surface area contributed by atoms with E-state index in [4.69, 9.17) is 23.2 Å². The van der Waals surface area contributed by atoms with Crippen molar-refractivity contribution in [1.29, 1.82) is 0 Å². The maximum atomic E-state index is 12.3. The van der Waals surface area contributed by atoms with Crippen LogP contribution in [0.2, 0.25) is 10.2 Å². The monoisotopic (exact) mass is 346 g/mol. The molecule has 21 heavy (non-hydrogen) atoms. The molecule has 1 N–H and O–H groups in total. The van der Waals surface area contributed by atoms with Crippen LogP contribution in [-0.4, -0.2) is 19.9 Å². The number of aromatic nitrogens is 1. The maximum absolute atomic E-state index is 12.3. The van der Waals surface area contributed by atoms with E-state index >= 15 is 0 Å². The van der Waals surface area contributed by atoms with Gasteiger partial charge in [-0.05, 0) is 37.1 Å². The van der Waals surface area contributed by atoms with E-state index < -0.39 is 10.0 Å². The zero-order valence-electron chi connectivity index (χ0n) is 11.8. The highest BCUT2D eigenvalue weighted by Gasteiger charge is 2.19. The fraction of sp³-hybridized carbons (Fsp3) is 0.357. The van der Waals surface area contributed by atoms with Gasteiger partial charge < -0.3 is 0 Å². The fourth-order valence-electron chi connectivity index (χ4n) is 2.02. The number of nitrogens with zero attached hydrogens (tertiary/aromatic N) is 1. The van der Waals surface area contributed by atoms with Crippen LogP contribution in [0.3, 0.4) is 0 Å². The highest BCUT2D eigenvalue weighted by atomic mass is 35.5. The molecule has 0 aliphatic heterocycles. The third kappa shape index (κ3) is 3.66. The molecule has 0 radical (unpaired) electrons. The number of sulfonamides is 1. The average Bonchev–Trinajstić information content (AvgIpc) is 2.37. The molecular formula is C14H16Cl2N2O2S. The minimum absolute atomic E-state index is 0.0694. The normalized spacial score (nSPS) is 12.0. The molecule has 1 aromatic heterocycles. The largest absolute Gasteiger partial charge is 0.242 e. The molecule has 7 heteroatoms. The van der Waals surface area contributed by atoms with Crippen LogP contribution in [0.15, 0.2) is 23.1 Å². The second-order valence-corrected chi connectivity index (χ2v) is 7.34. The Morgan fingerprint density at radius 2 is 1.95 bits per heavy atom. The standard InChI is InChI=1S/C14H16Cl2N2O2S/c1-3-4-5-17-21(19,20)13-7-10-9(2)6-14(16)18-12(10)8-11(13)15/h6-8,17H,3-5H2,1-2H3. The van der Waals surface area contributed by atoms with Gasteiger partial charge in [0.1, 0.15) is 10.0 Å². The smallest absolute Gasteiger partial charge is 0.236 e. The molecule has 0 unspecified atom stereocenters. The Bertz CT molecular complexity index is 776. The zero-order chi connectivity index (χ0) is 15.6. The topological polar surface area (TPSA) is 59.1 Å². The molecule has 0 spiro atoms. The molecule has 1 heterocycles. The minimum atomic E-state index is -3.62. The van der Waals surface area contributed by atoms with Gasteiger partial charge in [0.15, 0.2) is 0 Å². The van der Waals surface area contributed by atoms with Gasteiger partial charge in [0.25, 0.3) is 0 Å². The Morgan fingerprint density at radius 3 is 2.62 bits per heavy atom. The molecular weight excluding hydrogens is 331 g/mol. The van der Waals surface area contributed by atoms with Crippen molar-refractivity contribution in [3.05, 3.63) is 33.9 Å². The lowest BCUT2D eigenvalue weighted by Gasteiger charge is -2.10. The molecule has 0 amide bonds. The van der Waals surface area contributed by atoms with Crippen molar-refractivity contribution in [2.45, 2.75) is 31.6 Å². The maximum Gasteiger partial charge on any atom is 0.242 e. The van der Waals surface area contributed by atoms with Gasteiger partial charge in [0.05, 0.1) is 10.5 Å². The van der Waals surface area contributed by atoms with Crippen LogP contribution in [0.25, 0.3) is 10.9 Å². The van der Waals surface area contributed by atoms with Crippen molar-refractivity contribution in [2.75, 3.05) is 6.54 Å². The Hall–Kier alpha value is -0.880. The minimum Gasteiger partial charge on any atom is -0.236 e. The predicted molar refractivity (Wildman–Crippen MR) is 86.6 cm³/mol. The van der Waals surface area contributed by atoms with Crippen molar-refractivity contribution < 1.29 is 8.42 Å². The molecule has 4 nitrogen and oxygen atoms in total. The van der Waals surface area contributed by atoms with Gasteiger partial charge in [-0.3, -0.25) is 0 Å². The number of hydrogen-bond donors (Lipinski definition) is 1. The number of fused-ring (bicyclic) bond motifs is 1. The Morgan fingerprint density at radius 1 is 1.24 bits per heavy atom. The van der Waals surface area contributed by atoms with Crippen molar-refractivity contribution in [3.8, 4) is 0 Å². The summed E-state index contributed by atoms with van der Waals surface area (Å²) in [6, 6.07) is 4.77. The van der Waals surface area contributed by atoms with Gasteiger partial charge in [-0.15, -0.1) is 0 Å². The predicted octanol–water partition coefficient (Wildman–Crippen LogP) is 3.93. The first-order valence-electron chi connectivity index (χ1n) is 6.61. The quantitative estimate of drug-likeness (QED) is 0.659.